The molecule has 1 aromatic carbocycles. The lowest BCUT2D eigenvalue weighted by Gasteiger charge is -2.08. The summed E-state index contributed by atoms with van der Waals surface area (Å²) in [6.07, 6.45) is 1.76. The van der Waals surface area contributed by atoms with Crippen LogP contribution < -0.4 is 10.4 Å². The van der Waals surface area contributed by atoms with Crippen molar-refractivity contribution in [1.29, 1.82) is 0 Å². The summed E-state index contributed by atoms with van der Waals surface area (Å²) in [7, 11) is 0. The van der Waals surface area contributed by atoms with E-state index < -0.39 is 0 Å². The van der Waals surface area contributed by atoms with E-state index in [0.29, 0.717) is 18.4 Å². The predicted octanol–water partition coefficient (Wildman–Crippen LogP) is 2.95. The first-order chi connectivity index (χ1) is 10.1. The van der Waals surface area contributed by atoms with E-state index >= 15 is 0 Å². The van der Waals surface area contributed by atoms with Gasteiger partial charge in [-0.1, -0.05) is 26.0 Å². The number of fused-ring (bicyclic) bond motifs is 1. The van der Waals surface area contributed by atoms with Crippen LogP contribution in [0.1, 0.15) is 13.8 Å². The summed E-state index contributed by atoms with van der Waals surface area (Å²) < 4.78 is 5.57. The molecule has 3 aromatic rings. The quantitative estimate of drug-likeness (QED) is 0.773. The van der Waals surface area contributed by atoms with E-state index in [1.807, 2.05) is 30.3 Å². The zero-order valence-corrected chi connectivity index (χ0v) is 12.0. The number of rotatable bonds is 4. The highest BCUT2D eigenvalue weighted by Crippen LogP contribution is 2.26. The highest BCUT2D eigenvalue weighted by molar-refractivity contribution is 5.91. The van der Waals surface area contributed by atoms with Crippen molar-refractivity contribution in [2.45, 2.75) is 13.8 Å². The lowest BCUT2D eigenvalue weighted by atomic mass is 10.1. The van der Waals surface area contributed by atoms with E-state index in [4.69, 9.17) is 4.74 Å². The van der Waals surface area contributed by atoms with Crippen LogP contribution in [0.2, 0.25) is 0 Å². The molecule has 108 valence electrons. The fraction of sp³-hybridized carbons (Fsp3) is 0.250. The van der Waals surface area contributed by atoms with Gasteiger partial charge >= 0.3 is 5.69 Å². The molecule has 5 heteroatoms. The van der Waals surface area contributed by atoms with Crippen LogP contribution in [0.25, 0.3) is 22.2 Å². The second kappa shape index (κ2) is 5.44. The van der Waals surface area contributed by atoms with Gasteiger partial charge in [0.15, 0.2) is 0 Å². The molecule has 0 amide bonds. The van der Waals surface area contributed by atoms with Crippen LogP contribution in [0.5, 0.6) is 5.88 Å². The number of aromatic nitrogens is 3. The van der Waals surface area contributed by atoms with Crippen molar-refractivity contribution in [3.63, 3.8) is 0 Å². The maximum absolute atomic E-state index is 11.4. The number of nitrogens with zero attached hydrogens (tertiary/aromatic N) is 1. The van der Waals surface area contributed by atoms with Gasteiger partial charge in [0.2, 0.25) is 5.88 Å². The summed E-state index contributed by atoms with van der Waals surface area (Å²) in [6, 6.07) is 9.52. The Hall–Kier alpha value is -2.56. The lowest BCUT2D eigenvalue weighted by molar-refractivity contribution is 0.261. The molecule has 0 saturated heterocycles. The zero-order chi connectivity index (χ0) is 14.8. The second-order valence-electron chi connectivity index (χ2n) is 5.40. The number of hydrogen-bond acceptors (Lipinski definition) is 3. The number of para-hydroxylation sites is 1. The highest BCUT2D eigenvalue weighted by Gasteiger charge is 2.07. The Balaban J connectivity index is 1.94. The first kappa shape index (κ1) is 13.4. The molecule has 0 aliphatic heterocycles. The standard InChI is InChI=1S/C16H17N3O2/c1-10(2)9-21-14-7-6-11(8-17-14)12-4-3-5-13-15(12)19-16(20)18-13/h3-8,10H,9H2,1-2H3,(H2,18,19,20). The molecule has 0 saturated carbocycles. The topological polar surface area (TPSA) is 70.8 Å². The monoisotopic (exact) mass is 283 g/mol. The van der Waals surface area contributed by atoms with Gasteiger partial charge in [0.05, 0.1) is 17.6 Å². The van der Waals surface area contributed by atoms with Gasteiger partial charge in [-0.2, -0.15) is 0 Å². The van der Waals surface area contributed by atoms with Crippen molar-refractivity contribution in [1.82, 2.24) is 15.0 Å². The predicted molar refractivity (Wildman–Crippen MR) is 82.5 cm³/mol. The number of H-pyrrole nitrogens is 2. The molecule has 0 unspecified atom stereocenters. The molecule has 0 aliphatic rings. The van der Waals surface area contributed by atoms with Crippen molar-refractivity contribution in [3.8, 4) is 17.0 Å². The second-order valence-corrected chi connectivity index (χ2v) is 5.40. The van der Waals surface area contributed by atoms with Gasteiger partial charge in [-0.3, -0.25) is 0 Å². The van der Waals surface area contributed by atoms with Crippen molar-refractivity contribution >= 4 is 11.0 Å². The molecule has 0 aliphatic carbocycles. The van der Waals surface area contributed by atoms with Crippen molar-refractivity contribution in [3.05, 3.63) is 47.0 Å². The van der Waals surface area contributed by atoms with Gasteiger partial charge in [-0.05, 0) is 18.1 Å². The molecule has 0 bridgehead atoms. The number of nitrogens with one attached hydrogen (secondary N) is 2. The van der Waals surface area contributed by atoms with Crippen LogP contribution in [-0.4, -0.2) is 21.6 Å². The highest BCUT2D eigenvalue weighted by atomic mass is 16.5. The van der Waals surface area contributed by atoms with Crippen LogP contribution in [0.4, 0.5) is 0 Å². The molecule has 0 spiro atoms. The third-order valence-corrected chi connectivity index (χ3v) is 3.16. The van der Waals surface area contributed by atoms with Crippen LogP contribution in [-0.2, 0) is 0 Å². The van der Waals surface area contributed by atoms with Gasteiger partial charge in [0, 0.05) is 23.4 Å². The minimum Gasteiger partial charge on any atom is -0.477 e. The van der Waals surface area contributed by atoms with E-state index in [-0.39, 0.29) is 5.69 Å². The Labute approximate surface area is 122 Å². The first-order valence-corrected chi connectivity index (χ1v) is 6.94. The van der Waals surface area contributed by atoms with Crippen LogP contribution in [0.3, 0.4) is 0 Å². The largest absolute Gasteiger partial charge is 0.477 e. The van der Waals surface area contributed by atoms with E-state index in [0.717, 1.165) is 22.2 Å². The van der Waals surface area contributed by atoms with Crippen molar-refractivity contribution in [2.75, 3.05) is 6.61 Å². The molecular formula is C16H17N3O2. The summed E-state index contributed by atoms with van der Waals surface area (Å²) in [4.78, 5) is 21.3. The molecular weight excluding hydrogens is 266 g/mol. The number of aromatic amines is 2. The Morgan fingerprint density at radius 2 is 2.05 bits per heavy atom. The summed E-state index contributed by atoms with van der Waals surface area (Å²) >= 11 is 0. The smallest absolute Gasteiger partial charge is 0.323 e. The lowest BCUT2D eigenvalue weighted by Crippen LogP contribution is -2.05. The number of benzene rings is 1. The molecule has 2 heterocycles. The number of pyridine rings is 1. The molecule has 2 N–H and O–H groups in total. The van der Waals surface area contributed by atoms with Gasteiger partial charge in [-0.15, -0.1) is 0 Å². The normalized spacial score (nSPS) is 11.2. The molecule has 3 rings (SSSR count). The SMILES string of the molecule is CC(C)COc1ccc(-c2cccc3[nH]c(=O)[nH]c23)cn1. The number of ether oxygens (including phenoxy) is 1. The molecule has 2 aromatic heterocycles. The molecule has 0 fully saturated rings. The summed E-state index contributed by atoms with van der Waals surface area (Å²) in [6.45, 7) is 4.84. The third-order valence-electron chi connectivity index (χ3n) is 3.16. The van der Waals surface area contributed by atoms with Gasteiger partial charge in [0.25, 0.3) is 0 Å². The van der Waals surface area contributed by atoms with Crippen molar-refractivity contribution < 1.29 is 4.74 Å². The average molecular weight is 283 g/mol. The van der Waals surface area contributed by atoms with Crippen LogP contribution >= 0.6 is 0 Å². The summed E-state index contributed by atoms with van der Waals surface area (Å²) in [5.74, 6) is 1.08. The minimum absolute atomic E-state index is 0.206. The van der Waals surface area contributed by atoms with E-state index in [1.165, 1.54) is 0 Å². The van der Waals surface area contributed by atoms with Gasteiger partial charge in [-0.25, -0.2) is 9.78 Å². The Morgan fingerprint density at radius 1 is 1.19 bits per heavy atom. The van der Waals surface area contributed by atoms with Crippen LogP contribution in [0.15, 0.2) is 41.3 Å². The van der Waals surface area contributed by atoms with Gasteiger partial charge in [0.1, 0.15) is 0 Å². The maximum atomic E-state index is 11.4. The molecule has 21 heavy (non-hydrogen) atoms. The van der Waals surface area contributed by atoms with E-state index in [2.05, 4.69) is 28.8 Å². The fourth-order valence-electron chi connectivity index (χ4n) is 2.18. The Kier molecular flexibility index (Phi) is 3.48. The number of imidazole rings is 1. The molecule has 0 radical (unpaired) electrons. The molecule has 0 atom stereocenters. The number of hydrogen-bond donors (Lipinski definition) is 2. The summed E-state index contributed by atoms with van der Waals surface area (Å²) in [5, 5.41) is 0. The maximum Gasteiger partial charge on any atom is 0.323 e. The zero-order valence-electron chi connectivity index (χ0n) is 12.0. The minimum atomic E-state index is -0.206. The van der Waals surface area contributed by atoms with Crippen LogP contribution in [0, 0.1) is 5.92 Å². The van der Waals surface area contributed by atoms with E-state index in [9.17, 15) is 4.79 Å². The van der Waals surface area contributed by atoms with E-state index in [1.54, 1.807) is 6.20 Å². The average Bonchev–Trinajstić information content (AvgIpc) is 2.85. The first-order valence-electron chi connectivity index (χ1n) is 6.94. The Morgan fingerprint density at radius 3 is 2.76 bits per heavy atom. The van der Waals surface area contributed by atoms with Crippen molar-refractivity contribution in [2.24, 2.45) is 5.92 Å². The molecule has 5 nitrogen and oxygen atoms in total. The fourth-order valence-corrected chi connectivity index (χ4v) is 2.18. The summed E-state index contributed by atoms with van der Waals surface area (Å²) in [5.41, 5.74) is 3.25. The third kappa shape index (κ3) is 2.81. The Bertz CT molecular complexity index is 800. The van der Waals surface area contributed by atoms with Gasteiger partial charge < -0.3 is 14.7 Å².